The zero-order chi connectivity index (χ0) is 29.7. The number of benzene rings is 2. The number of nitrogens with one attached hydrogen (secondary N) is 2. The maximum absolute atomic E-state index is 15.0. The quantitative estimate of drug-likeness (QED) is 0.340. The van der Waals surface area contributed by atoms with E-state index in [9.17, 15) is 27.6 Å². The number of carbonyl (C=O) groups excluding carboxylic acids is 3. The lowest BCUT2D eigenvalue weighted by Crippen LogP contribution is -2.50. The van der Waals surface area contributed by atoms with E-state index in [1.807, 2.05) is 6.07 Å². The van der Waals surface area contributed by atoms with Crippen molar-refractivity contribution in [3.63, 3.8) is 0 Å². The molecule has 1 aliphatic heterocycles. The summed E-state index contributed by atoms with van der Waals surface area (Å²) in [7, 11) is 0. The predicted octanol–water partition coefficient (Wildman–Crippen LogP) is 5.30. The molecule has 0 bridgehead atoms. The number of hydrogen-bond donors (Lipinski definition) is 2. The molecule has 1 aliphatic rings. The number of thioether (sulfide) groups is 1. The van der Waals surface area contributed by atoms with Gasteiger partial charge in [-0.3, -0.25) is 9.59 Å². The van der Waals surface area contributed by atoms with Crippen LogP contribution in [0, 0.1) is 17.1 Å². The predicted molar refractivity (Wildman–Crippen MR) is 140 cm³/mol. The minimum atomic E-state index is -4.38. The van der Waals surface area contributed by atoms with Crippen molar-refractivity contribution in [3.05, 3.63) is 58.9 Å². The van der Waals surface area contributed by atoms with Gasteiger partial charge in [0.15, 0.2) is 0 Å². The average Bonchev–Trinajstić information content (AvgIpc) is 2.97. The van der Waals surface area contributed by atoms with Crippen LogP contribution in [0.25, 0.3) is 0 Å². The molecule has 3 rings (SSSR count). The fourth-order valence-electron chi connectivity index (χ4n) is 3.76. The van der Waals surface area contributed by atoms with Crippen molar-refractivity contribution in [1.29, 1.82) is 5.26 Å². The first-order valence-corrected chi connectivity index (χ1v) is 13.3. The molecule has 0 radical (unpaired) electrons. The molecule has 0 aliphatic carbocycles. The van der Waals surface area contributed by atoms with E-state index in [1.165, 1.54) is 11.0 Å². The summed E-state index contributed by atoms with van der Waals surface area (Å²) in [6.07, 6.45) is -6.68. The second-order valence-corrected chi connectivity index (χ2v) is 11.1. The lowest BCUT2D eigenvalue weighted by molar-refractivity contribution is -0.135. The first-order chi connectivity index (χ1) is 18.7. The van der Waals surface area contributed by atoms with Crippen molar-refractivity contribution in [2.75, 3.05) is 17.2 Å². The Morgan fingerprint density at radius 3 is 2.45 bits per heavy atom. The van der Waals surface area contributed by atoms with Crippen molar-refractivity contribution in [2.24, 2.45) is 0 Å². The van der Waals surface area contributed by atoms with Gasteiger partial charge in [-0.1, -0.05) is 12.1 Å². The van der Waals surface area contributed by atoms with Gasteiger partial charge in [-0.15, -0.1) is 11.8 Å². The standard InChI is InChI=1S/C27H28F4N4O4S/c1-26(2,3)39-25(38)34-20-15-40-22-12-19(28)18(23(36)33-10-4-9-27(29,30)31)11-21(22)35(24(20)37)14-17-7-5-16(13-32)6-8-17/h5-8,11-12,20H,4,9-10,14-15H2,1-3H3,(H,33,36)(H,34,38)/t20-/m0/s1. The molecule has 2 aromatic rings. The average molecular weight is 581 g/mol. The van der Waals surface area contributed by atoms with Crippen LogP contribution in [0.4, 0.5) is 28.0 Å². The van der Waals surface area contributed by atoms with E-state index in [2.05, 4.69) is 10.6 Å². The molecule has 2 N–H and O–H groups in total. The molecule has 0 saturated carbocycles. The van der Waals surface area contributed by atoms with Crippen LogP contribution in [0.1, 0.15) is 55.1 Å². The van der Waals surface area contributed by atoms with Crippen molar-refractivity contribution in [1.82, 2.24) is 10.6 Å². The third kappa shape index (κ3) is 8.61. The molecule has 40 heavy (non-hydrogen) atoms. The van der Waals surface area contributed by atoms with Gasteiger partial charge in [0.2, 0.25) is 0 Å². The van der Waals surface area contributed by atoms with Crippen LogP contribution in [-0.4, -0.2) is 48.0 Å². The van der Waals surface area contributed by atoms with E-state index in [-0.39, 0.29) is 31.0 Å². The van der Waals surface area contributed by atoms with Gasteiger partial charge < -0.3 is 20.3 Å². The minimum absolute atomic E-state index is 0.0388. The Morgan fingerprint density at radius 1 is 1.18 bits per heavy atom. The first kappa shape index (κ1) is 30.7. The number of carbonyl (C=O) groups is 3. The number of ether oxygens (including phenoxy) is 1. The van der Waals surface area contributed by atoms with Gasteiger partial charge >= 0.3 is 12.3 Å². The van der Waals surface area contributed by atoms with Crippen LogP contribution in [0.3, 0.4) is 0 Å². The number of fused-ring (bicyclic) bond motifs is 1. The van der Waals surface area contributed by atoms with E-state index in [0.29, 0.717) is 16.0 Å². The molecule has 13 heteroatoms. The van der Waals surface area contributed by atoms with Gasteiger partial charge in [-0.05, 0) is 57.0 Å². The Balaban J connectivity index is 1.93. The highest BCUT2D eigenvalue weighted by atomic mass is 32.2. The highest BCUT2D eigenvalue weighted by molar-refractivity contribution is 7.99. The molecule has 0 fully saturated rings. The molecule has 1 atom stereocenters. The van der Waals surface area contributed by atoms with Gasteiger partial charge in [0.1, 0.15) is 17.5 Å². The molecule has 2 aromatic carbocycles. The maximum Gasteiger partial charge on any atom is 0.408 e. The van der Waals surface area contributed by atoms with Crippen molar-refractivity contribution >= 4 is 35.4 Å². The summed E-state index contributed by atoms with van der Waals surface area (Å²) < 4.78 is 57.6. The summed E-state index contributed by atoms with van der Waals surface area (Å²) in [5, 5.41) is 13.9. The number of nitrogens with zero attached hydrogens (tertiary/aromatic N) is 2. The van der Waals surface area contributed by atoms with Gasteiger partial charge in [0.05, 0.1) is 29.4 Å². The number of alkyl halides is 3. The van der Waals surface area contributed by atoms with Crippen molar-refractivity contribution in [2.45, 2.75) is 62.9 Å². The maximum atomic E-state index is 15.0. The summed E-state index contributed by atoms with van der Waals surface area (Å²) in [4.78, 5) is 40.4. The number of alkyl carbamates (subject to hydrolysis) is 1. The summed E-state index contributed by atoms with van der Waals surface area (Å²) in [6.45, 7) is 4.65. The molecule has 8 nitrogen and oxygen atoms in total. The van der Waals surface area contributed by atoms with Gasteiger partial charge in [0.25, 0.3) is 11.8 Å². The number of halogens is 4. The molecular formula is C27H28F4N4O4S. The molecule has 0 saturated heterocycles. The molecular weight excluding hydrogens is 552 g/mol. The normalized spacial score (nSPS) is 15.5. The van der Waals surface area contributed by atoms with E-state index in [1.54, 1.807) is 45.0 Å². The summed E-state index contributed by atoms with van der Waals surface area (Å²) in [5.74, 6) is -2.35. The van der Waals surface area contributed by atoms with E-state index < -0.39 is 53.5 Å². The Kier molecular flexibility index (Phi) is 9.68. The summed E-state index contributed by atoms with van der Waals surface area (Å²) in [5.41, 5.74) is -0.0550. The topological polar surface area (TPSA) is 112 Å². The number of rotatable bonds is 7. The van der Waals surface area contributed by atoms with E-state index >= 15 is 4.39 Å². The van der Waals surface area contributed by atoms with Gasteiger partial charge in [-0.2, -0.15) is 18.4 Å². The third-order valence-electron chi connectivity index (χ3n) is 5.59. The Labute approximate surface area is 233 Å². The number of anilines is 1. The van der Waals surface area contributed by atoms with E-state index in [0.717, 1.165) is 17.8 Å². The number of nitriles is 1. The Morgan fingerprint density at radius 2 is 1.85 bits per heavy atom. The van der Waals surface area contributed by atoms with Crippen LogP contribution >= 0.6 is 11.8 Å². The van der Waals surface area contributed by atoms with Crippen molar-refractivity contribution in [3.8, 4) is 6.07 Å². The van der Waals surface area contributed by atoms with Crippen LogP contribution in [0.15, 0.2) is 41.3 Å². The fraction of sp³-hybridized carbons (Fsp3) is 0.407. The van der Waals surface area contributed by atoms with E-state index in [4.69, 9.17) is 10.00 Å². The second-order valence-electron chi connectivity index (χ2n) is 10.0. The second kappa shape index (κ2) is 12.6. The zero-order valence-corrected chi connectivity index (χ0v) is 22.8. The van der Waals surface area contributed by atoms with Crippen LogP contribution < -0.4 is 15.5 Å². The highest BCUT2D eigenvalue weighted by Gasteiger charge is 2.34. The number of hydrogen-bond acceptors (Lipinski definition) is 6. The molecule has 214 valence electrons. The Bertz CT molecular complexity index is 1300. The van der Waals surface area contributed by atoms with Crippen molar-refractivity contribution < 1.29 is 36.7 Å². The van der Waals surface area contributed by atoms with Crippen LogP contribution in [0.5, 0.6) is 0 Å². The molecule has 3 amide bonds. The first-order valence-electron chi connectivity index (χ1n) is 12.3. The fourth-order valence-corrected chi connectivity index (χ4v) is 4.84. The largest absolute Gasteiger partial charge is 0.444 e. The lowest BCUT2D eigenvalue weighted by atomic mass is 10.1. The summed E-state index contributed by atoms with van der Waals surface area (Å²) >= 11 is 1.09. The highest BCUT2D eigenvalue weighted by Crippen LogP contribution is 2.37. The molecule has 1 heterocycles. The molecule has 0 spiro atoms. The van der Waals surface area contributed by atoms with Crippen LogP contribution in [0.2, 0.25) is 0 Å². The Hall–Kier alpha value is -3.79. The zero-order valence-electron chi connectivity index (χ0n) is 22.0. The van der Waals surface area contributed by atoms with Crippen LogP contribution in [-0.2, 0) is 16.1 Å². The summed E-state index contributed by atoms with van der Waals surface area (Å²) in [6, 6.07) is 9.60. The monoisotopic (exact) mass is 580 g/mol. The minimum Gasteiger partial charge on any atom is -0.444 e. The lowest BCUT2D eigenvalue weighted by Gasteiger charge is -2.27. The van der Waals surface area contributed by atoms with Gasteiger partial charge in [0, 0.05) is 23.6 Å². The molecule has 0 unspecified atom stereocenters. The third-order valence-corrected chi connectivity index (χ3v) is 6.73. The number of amides is 3. The SMILES string of the molecule is CC(C)(C)OC(=O)N[C@H]1CSc2cc(F)c(C(=O)NCCCC(F)(F)F)cc2N(Cc2ccc(C#N)cc2)C1=O. The van der Waals surface area contributed by atoms with Gasteiger partial charge in [-0.25, -0.2) is 9.18 Å². The molecule has 0 aromatic heterocycles. The smallest absolute Gasteiger partial charge is 0.408 e.